The third-order valence-corrected chi connectivity index (χ3v) is 4.45. The molecule has 0 amide bonds. The molecule has 0 saturated carbocycles. The van der Waals surface area contributed by atoms with Crippen LogP contribution in [0.4, 0.5) is 0 Å². The lowest BCUT2D eigenvalue weighted by Gasteiger charge is -2.09. The predicted molar refractivity (Wildman–Crippen MR) is 71.8 cm³/mol. The Morgan fingerprint density at radius 1 is 1.39 bits per heavy atom. The van der Waals surface area contributed by atoms with Gasteiger partial charge in [0.05, 0.1) is 11.1 Å². The Balaban J connectivity index is 1.82. The van der Waals surface area contributed by atoms with Crippen LogP contribution >= 0.6 is 22.9 Å². The Kier molecular flexibility index (Phi) is 3.63. The summed E-state index contributed by atoms with van der Waals surface area (Å²) in [5, 5.41) is 10.1. The Morgan fingerprint density at radius 3 is 3.17 bits per heavy atom. The fourth-order valence-electron chi connectivity index (χ4n) is 2.16. The van der Waals surface area contributed by atoms with Gasteiger partial charge in [0.15, 0.2) is 5.82 Å². The number of thiophene rings is 1. The zero-order valence-corrected chi connectivity index (χ0v) is 11.4. The summed E-state index contributed by atoms with van der Waals surface area (Å²) in [4.78, 5) is 5.32. The molecule has 1 unspecified atom stereocenters. The molecule has 6 heteroatoms. The maximum atomic E-state index is 6.06. The molecular formula is C12H14ClN3OS. The van der Waals surface area contributed by atoms with Gasteiger partial charge >= 0.3 is 0 Å². The van der Waals surface area contributed by atoms with E-state index in [1.54, 1.807) is 0 Å². The highest BCUT2D eigenvalue weighted by atomic mass is 35.5. The van der Waals surface area contributed by atoms with Crippen LogP contribution in [-0.2, 0) is 0 Å². The third-order valence-electron chi connectivity index (χ3n) is 3.13. The second-order valence-corrected chi connectivity index (χ2v) is 5.73. The first-order valence-electron chi connectivity index (χ1n) is 6.15. The Morgan fingerprint density at radius 2 is 2.33 bits per heavy atom. The van der Waals surface area contributed by atoms with Crippen molar-refractivity contribution in [2.75, 3.05) is 6.54 Å². The summed E-state index contributed by atoms with van der Waals surface area (Å²) in [6, 6.07) is 2.05. The molecule has 4 nitrogen and oxygen atoms in total. The van der Waals surface area contributed by atoms with Crippen LogP contribution in [0.15, 0.2) is 16.0 Å². The van der Waals surface area contributed by atoms with Gasteiger partial charge in [-0.05, 0) is 30.8 Å². The Hall–Kier alpha value is -0.910. The van der Waals surface area contributed by atoms with Crippen LogP contribution in [-0.4, -0.2) is 16.7 Å². The average molecular weight is 284 g/mol. The van der Waals surface area contributed by atoms with Crippen molar-refractivity contribution in [2.45, 2.75) is 31.7 Å². The normalized spacial score (nSPS) is 20.8. The molecule has 0 radical (unpaired) electrons. The van der Waals surface area contributed by atoms with E-state index in [-0.39, 0.29) is 6.04 Å². The molecule has 0 spiro atoms. The topological polar surface area (TPSA) is 51.0 Å². The summed E-state index contributed by atoms with van der Waals surface area (Å²) in [6.07, 6.45) is 4.77. The van der Waals surface area contributed by atoms with Gasteiger partial charge in [-0.25, -0.2) is 0 Å². The van der Waals surface area contributed by atoms with Crippen LogP contribution in [0.25, 0.3) is 10.8 Å². The van der Waals surface area contributed by atoms with Crippen molar-refractivity contribution < 1.29 is 4.52 Å². The van der Waals surface area contributed by atoms with Crippen LogP contribution in [0.5, 0.6) is 0 Å². The van der Waals surface area contributed by atoms with E-state index in [1.807, 2.05) is 11.4 Å². The van der Waals surface area contributed by atoms with E-state index in [0.29, 0.717) is 10.9 Å². The second-order valence-electron chi connectivity index (χ2n) is 4.41. The van der Waals surface area contributed by atoms with E-state index >= 15 is 0 Å². The van der Waals surface area contributed by atoms with Gasteiger partial charge in [0, 0.05) is 0 Å². The molecule has 2 aromatic heterocycles. The zero-order chi connectivity index (χ0) is 12.4. The van der Waals surface area contributed by atoms with E-state index in [2.05, 4.69) is 15.5 Å². The van der Waals surface area contributed by atoms with Gasteiger partial charge in [-0.2, -0.15) is 4.98 Å². The minimum absolute atomic E-state index is 0.212. The average Bonchev–Trinajstić information content (AvgIpc) is 2.91. The largest absolute Gasteiger partial charge is 0.333 e. The predicted octanol–water partition coefficient (Wildman–Crippen LogP) is 3.66. The molecule has 0 aliphatic carbocycles. The van der Waals surface area contributed by atoms with Crippen molar-refractivity contribution in [3.63, 3.8) is 0 Å². The maximum Gasteiger partial charge on any atom is 0.269 e. The van der Waals surface area contributed by atoms with E-state index < -0.39 is 0 Å². The van der Waals surface area contributed by atoms with Crippen molar-refractivity contribution in [1.82, 2.24) is 15.5 Å². The molecule has 1 aliphatic rings. The number of nitrogens with one attached hydrogen (secondary N) is 1. The third kappa shape index (κ3) is 2.43. The second kappa shape index (κ2) is 5.38. The molecule has 1 saturated heterocycles. The van der Waals surface area contributed by atoms with Crippen molar-refractivity contribution in [3.05, 3.63) is 22.3 Å². The number of hydrogen-bond donors (Lipinski definition) is 1. The molecular weight excluding hydrogens is 270 g/mol. The van der Waals surface area contributed by atoms with Crippen LogP contribution < -0.4 is 5.32 Å². The van der Waals surface area contributed by atoms with Crippen molar-refractivity contribution in [2.24, 2.45) is 0 Å². The highest BCUT2D eigenvalue weighted by Crippen LogP contribution is 2.32. The highest BCUT2D eigenvalue weighted by molar-refractivity contribution is 7.14. The summed E-state index contributed by atoms with van der Waals surface area (Å²) in [6.45, 7) is 1.02. The molecule has 0 bridgehead atoms. The van der Waals surface area contributed by atoms with E-state index in [4.69, 9.17) is 16.1 Å². The van der Waals surface area contributed by atoms with Gasteiger partial charge in [0.2, 0.25) is 0 Å². The molecule has 1 aliphatic heterocycles. The van der Waals surface area contributed by atoms with Crippen LogP contribution in [0.3, 0.4) is 0 Å². The molecule has 96 valence electrons. The first kappa shape index (κ1) is 12.1. The number of nitrogens with zero attached hydrogens (tertiary/aromatic N) is 2. The van der Waals surface area contributed by atoms with Gasteiger partial charge in [-0.3, -0.25) is 0 Å². The minimum atomic E-state index is 0.212. The molecule has 3 heterocycles. The Labute approximate surface area is 114 Å². The first-order valence-corrected chi connectivity index (χ1v) is 7.41. The zero-order valence-electron chi connectivity index (χ0n) is 9.86. The van der Waals surface area contributed by atoms with Gasteiger partial charge in [0.1, 0.15) is 4.88 Å². The summed E-state index contributed by atoms with van der Waals surface area (Å²) in [7, 11) is 0. The molecule has 0 aromatic carbocycles. The molecule has 3 rings (SSSR count). The van der Waals surface area contributed by atoms with Crippen molar-refractivity contribution in [3.8, 4) is 10.8 Å². The van der Waals surface area contributed by atoms with Crippen molar-refractivity contribution >= 4 is 22.9 Å². The first-order chi connectivity index (χ1) is 8.84. The number of halogens is 1. The van der Waals surface area contributed by atoms with E-state index in [0.717, 1.165) is 23.7 Å². The summed E-state index contributed by atoms with van der Waals surface area (Å²) < 4.78 is 5.31. The van der Waals surface area contributed by atoms with Crippen molar-refractivity contribution in [1.29, 1.82) is 0 Å². The van der Waals surface area contributed by atoms with E-state index in [9.17, 15) is 0 Å². The molecule has 1 atom stereocenters. The van der Waals surface area contributed by atoms with Gasteiger partial charge < -0.3 is 9.84 Å². The van der Waals surface area contributed by atoms with E-state index in [1.165, 1.54) is 30.6 Å². The lowest BCUT2D eigenvalue weighted by atomic mass is 10.1. The summed E-state index contributed by atoms with van der Waals surface area (Å²) in [5.74, 6) is 1.27. The summed E-state index contributed by atoms with van der Waals surface area (Å²) >= 11 is 7.58. The quantitative estimate of drug-likeness (QED) is 0.914. The van der Waals surface area contributed by atoms with Crippen LogP contribution in [0, 0.1) is 0 Å². The minimum Gasteiger partial charge on any atom is -0.333 e. The van der Waals surface area contributed by atoms with Crippen LogP contribution in [0.2, 0.25) is 5.02 Å². The van der Waals surface area contributed by atoms with Gasteiger partial charge in [-0.15, -0.1) is 11.3 Å². The van der Waals surface area contributed by atoms with Gasteiger partial charge in [-0.1, -0.05) is 29.6 Å². The van der Waals surface area contributed by atoms with Crippen LogP contribution in [0.1, 0.15) is 37.5 Å². The molecule has 1 fully saturated rings. The SMILES string of the molecule is Clc1ccsc1-c1nc(C2CCCCCN2)no1. The number of aromatic nitrogens is 2. The lowest BCUT2D eigenvalue weighted by molar-refractivity contribution is 0.403. The van der Waals surface area contributed by atoms with Gasteiger partial charge in [0.25, 0.3) is 5.89 Å². The number of rotatable bonds is 2. The Bertz CT molecular complexity index is 517. The highest BCUT2D eigenvalue weighted by Gasteiger charge is 2.21. The summed E-state index contributed by atoms with van der Waals surface area (Å²) in [5.41, 5.74) is 0. The smallest absolute Gasteiger partial charge is 0.269 e. The lowest BCUT2D eigenvalue weighted by Crippen LogP contribution is -2.21. The molecule has 2 aromatic rings. The maximum absolute atomic E-state index is 6.06. The fourth-order valence-corrected chi connectivity index (χ4v) is 3.22. The molecule has 1 N–H and O–H groups in total. The number of hydrogen-bond acceptors (Lipinski definition) is 5. The monoisotopic (exact) mass is 283 g/mol. The molecule has 18 heavy (non-hydrogen) atoms. The standard InChI is InChI=1S/C12H14ClN3OS/c13-8-5-7-18-10(8)12-15-11(16-17-12)9-4-2-1-3-6-14-9/h5,7,9,14H,1-4,6H2. The fraction of sp³-hybridized carbons (Fsp3) is 0.500.